The van der Waals surface area contributed by atoms with Gasteiger partial charge in [0, 0.05) is 23.9 Å². The summed E-state index contributed by atoms with van der Waals surface area (Å²) in [7, 11) is 0. The molecule has 2 amide bonds. The highest BCUT2D eigenvalue weighted by Crippen LogP contribution is 2.32. The molecule has 3 aromatic rings. The molecule has 1 heterocycles. The average Bonchev–Trinajstić information content (AvgIpc) is 3.11. The molecule has 138 valence electrons. The summed E-state index contributed by atoms with van der Waals surface area (Å²) in [6, 6.07) is 12.0. The Bertz CT molecular complexity index is 1010. The van der Waals surface area contributed by atoms with Crippen LogP contribution in [0.3, 0.4) is 0 Å². The summed E-state index contributed by atoms with van der Waals surface area (Å²) in [6.07, 6.45) is 0. The molecule has 4 N–H and O–H groups in total. The van der Waals surface area contributed by atoms with Gasteiger partial charge >= 0.3 is 0 Å². The van der Waals surface area contributed by atoms with Gasteiger partial charge in [-0.1, -0.05) is 6.07 Å². The van der Waals surface area contributed by atoms with Crippen LogP contribution in [0.15, 0.2) is 42.5 Å². The number of carbonyl (C=O) groups is 2. The minimum atomic E-state index is -0.357. The summed E-state index contributed by atoms with van der Waals surface area (Å²) >= 11 is 0. The number of aromatic hydroxyl groups is 1. The van der Waals surface area contributed by atoms with E-state index in [9.17, 15) is 14.7 Å². The largest absolute Gasteiger partial charge is 0.507 e. The first-order valence-corrected chi connectivity index (χ1v) is 8.39. The van der Waals surface area contributed by atoms with Gasteiger partial charge in [0.2, 0.25) is 5.91 Å². The van der Waals surface area contributed by atoms with Crippen LogP contribution in [0.25, 0.3) is 11.3 Å². The van der Waals surface area contributed by atoms with Crippen LogP contribution in [0.1, 0.15) is 28.5 Å². The molecule has 7 nitrogen and oxygen atoms in total. The van der Waals surface area contributed by atoms with Crippen molar-refractivity contribution in [1.29, 1.82) is 0 Å². The second-order valence-electron chi connectivity index (χ2n) is 6.28. The first-order valence-electron chi connectivity index (χ1n) is 8.39. The van der Waals surface area contributed by atoms with E-state index in [-0.39, 0.29) is 23.3 Å². The van der Waals surface area contributed by atoms with E-state index >= 15 is 0 Å². The highest BCUT2D eigenvalue weighted by molar-refractivity contribution is 6.03. The van der Waals surface area contributed by atoms with Gasteiger partial charge in [-0.3, -0.25) is 14.7 Å². The summed E-state index contributed by atoms with van der Waals surface area (Å²) in [5.74, 6) is -0.363. The second kappa shape index (κ2) is 7.33. The maximum Gasteiger partial charge on any atom is 0.273 e. The third kappa shape index (κ3) is 3.98. The molecular formula is C20H20N4O3. The number of nitrogens with zero attached hydrogens (tertiary/aromatic N) is 1. The quantitative estimate of drug-likeness (QED) is 0.567. The number of hydrogen-bond donors (Lipinski definition) is 4. The fourth-order valence-corrected chi connectivity index (χ4v) is 2.62. The van der Waals surface area contributed by atoms with E-state index < -0.39 is 0 Å². The number of aromatic nitrogens is 2. The van der Waals surface area contributed by atoms with Gasteiger partial charge in [-0.05, 0) is 61.4 Å². The average molecular weight is 364 g/mol. The molecular weight excluding hydrogens is 344 g/mol. The predicted octanol–water partition coefficient (Wildman–Crippen LogP) is 3.61. The summed E-state index contributed by atoms with van der Waals surface area (Å²) < 4.78 is 0. The minimum Gasteiger partial charge on any atom is -0.507 e. The van der Waals surface area contributed by atoms with Gasteiger partial charge in [-0.15, -0.1) is 0 Å². The van der Waals surface area contributed by atoms with Crippen molar-refractivity contribution in [2.75, 3.05) is 10.6 Å². The number of rotatable bonds is 4. The standard InChI is InChI=1S/C20H20N4O3/c1-11-4-9-16(19(26)12(11)2)17-10-18(24-23-17)20(27)22-15-7-5-14(6-8-15)21-13(3)25/h4-10,26H,1-3H3,(H,21,25)(H,22,27)(H,23,24). The van der Waals surface area contributed by atoms with Crippen LogP contribution < -0.4 is 10.6 Å². The van der Waals surface area contributed by atoms with Crippen molar-refractivity contribution in [1.82, 2.24) is 10.2 Å². The molecule has 0 bridgehead atoms. The smallest absolute Gasteiger partial charge is 0.273 e. The number of H-pyrrole nitrogens is 1. The van der Waals surface area contributed by atoms with Crippen LogP contribution >= 0.6 is 0 Å². The van der Waals surface area contributed by atoms with Crippen LogP contribution in [0, 0.1) is 13.8 Å². The lowest BCUT2D eigenvalue weighted by atomic mass is 10.0. The Hall–Kier alpha value is -3.61. The van der Waals surface area contributed by atoms with Crippen LogP contribution in [0.2, 0.25) is 0 Å². The number of aromatic amines is 1. The molecule has 3 rings (SSSR count). The lowest BCUT2D eigenvalue weighted by molar-refractivity contribution is -0.114. The number of phenols is 1. The fourth-order valence-electron chi connectivity index (χ4n) is 2.62. The topological polar surface area (TPSA) is 107 Å². The Kier molecular flexibility index (Phi) is 4.94. The van der Waals surface area contributed by atoms with Gasteiger partial charge in [0.25, 0.3) is 5.91 Å². The number of phenolic OH excluding ortho intramolecular Hbond substituents is 1. The highest BCUT2D eigenvalue weighted by atomic mass is 16.3. The van der Waals surface area contributed by atoms with Crippen LogP contribution in [-0.4, -0.2) is 27.1 Å². The number of hydrogen-bond acceptors (Lipinski definition) is 4. The molecule has 0 unspecified atom stereocenters. The number of anilines is 2. The van der Waals surface area contributed by atoms with Gasteiger partial charge in [0.1, 0.15) is 11.4 Å². The van der Waals surface area contributed by atoms with Gasteiger partial charge < -0.3 is 15.7 Å². The van der Waals surface area contributed by atoms with Crippen LogP contribution in [-0.2, 0) is 4.79 Å². The Morgan fingerprint density at radius 2 is 1.63 bits per heavy atom. The normalized spacial score (nSPS) is 10.5. The predicted molar refractivity (Wildman–Crippen MR) is 104 cm³/mol. The highest BCUT2D eigenvalue weighted by Gasteiger charge is 2.15. The third-order valence-electron chi connectivity index (χ3n) is 4.26. The molecule has 7 heteroatoms. The van der Waals surface area contributed by atoms with E-state index in [1.807, 2.05) is 19.9 Å². The Labute approximate surface area is 156 Å². The molecule has 0 radical (unpaired) electrons. The lowest BCUT2D eigenvalue weighted by Crippen LogP contribution is -2.12. The summed E-state index contributed by atoms with van der Waals surface area (Å²) in [5.41, 5.74) is 4.31. The van der Waals surface area contributed by atoms with Gasteiger partial charge in [-0.2, -0.15) is 5.10 Å². The Balaban J connectivity index is 1.75. The molecule has 0 aliphatic carbocycles. The van der Waals surface area contributed by atoms with Gasteiger partial charge in [0.15, 0.2) is 0 Å². The monoisotopic (exact) mass is 364 g/mol. The second-order valence-corrected chi connectivity index (χ2v) is 6.28. The number of amides is 2. The van der Waals surface area contributed by atoms with Gasteiger partial charge in [-0.25, -0.2) is 0 Å². The molecule has 0 fully saturated rings. The maximum absolute atomic E-state index is 12.4. The van der Waals surface area contributed by atoms with E-state index in [4.69, 9.17) is 0 Å². The molecule has 0 aliphatic rings. The molecule has 0 aliphatic heterocycles. The summed E-state index contributed by atoms with van der Waals surface area (Å²) in [5, 5.41) is 22.6. The van der Waals surface area contributed by atoms with Crippen molar-refractivity contribution in [3.63, 3.8) is 0 Å². The maximum atomic E-state index is 12.4. The number of aryl methyl sites for hydroxylation is 1. The molecule has 0 saturated heterocycles. The van der Waals surface area contributed by atoms with E-state index in [1.165, 1.54) is 6.92 Å². The minimum absolute atomic E-state index is 0.155. The zero-order valence-corrected chi connectivity index (χ0v) is 15.3. The van der Waals surface area contributed by atoms with E-state index in [0.29, 0.717) is 22.6 Å². The molecule has 1 aromatic heterocycles. The van der Waals surface area contributed by atoms with E-state index in [1.54, 1.807) is 36.4 Å². The Morgan fingerprint density at radius 3 is 2.26 bits per heavy atom. The van der Waals surface area contributed by atoms with E-state index in [0.717, 1.165) is 11.1 Å². The van der Waals surface area contributed by atoms with E-state index in [2.05, 4.69) is 20.8 Å². The first-order chi connectivity index (χ1) is 12.8. The van der Waals surface area contributed by atoms with Crippen LogP contribution in [0.5, 0.6) is 5.75 Å². The van der Waals surface area contributed by atoms with Crippen molar-refractivity contribution in [2.24, 2.45) is 0 Å². The van der Waals surface area contributed by atoms with Crippen molar-refractivity contribution in [2.45, 2.75) is 20.8 Å². The molecule has 0 saturated carbocycles. The first kappa shape index (κ1) is 18.2. The van der Waals surface area contributed by atoms with Gasteiger partial charge in [0.05, 0.1) is 5.69 Å². The molecule has 0 atom stereocenters. The molecule has 27 heavy (non-hydrogen) atoms. The molecule has 0 spiro atoms. The number of nitrogens with one attached hydrogen (secondary N) is 3. The summed E-state index contributed by atoms with van der Waals surface area (Å²) in [4.78, 5) is 23.4. The fraction of sp³-hybridized carbons (Fsp3) is 0.150. The van der Waals surface area contributed by atoms with Crippen molar-refractivity contribution < 1.29 is 14.7 Å². The summed E-state index contributed by atoms with van der Waals surface area (Å²) in [6.45, 7) is 5.18. The van der Waals surface area contributed by atoms with Crippen molar-refractivity contribution in [3.8, 4) is 17.0 Å². The van der Waals surface area contributed by atoms with Crippen molar-refractivity contribution >= 4 is 23.2 Å². The van der Waals surface area contributed by atoms with Crippen LogP contribution in [0.4, 0.5) is 11.4 Å². The zero-order valence-electron chi connectivity index (χ0n) is 15.3. The lowest BCUT2D eigenvalue weighted by Gasteiger charge is -2.07. The van der Waals surface area contributed by atoms with Crippen molar-refractivity contribution in [3.05, 3.63) is 59.3 Å². The third-order valence-corrected chi connectivity index (χ3v) is 4.26. The zero-order chi connectivity index (χ0) is 19.6. The Morgan fingerprint density at radius 1 is 1.00 bits per heavy atom. The number of benzene rings is 2. The SMILES string of the molecule is CC(=O)Nc1ccc(NC(=O)c2cc(-c3ccc(C)c(C)c3O)n[nH]2)cc1. The molecule has 2 aromatic carbocycles. The number of carbonyl (C=O) groups excluding carboxylic acids is 2.